The number of ether oxygens (including phenoxy) is 1. The Morgan fingerprint density at radius 1 is 1.29 bits per heavy atom. The van der Waals surface area contributed by atoms with Crippen LogP contribution in [0.5, 0.6) is 5.88 Å². The third-order valence-electron chi connectivity index (χ3n) is 2.76. The van der Waals surface area contributed by atoms with Crippen molar-refractivity contribution >= 4 is 34.4 Å². The molecule has 1 N–H and O–H groups in total. The largest absolute Gasteiger partial charge is 0.481 e. The number of aromatic nitrogens is 2. The van der Waals surface area contributed by atoms with Crippen molar-refractivity contribution in [3.05, 3.63) is 47.3 Å². The number of para-hydroxylation sites is 1. The van der Waals surface area contributed by atoms with Gasteiger partial charge in [-0.15, -0.1) is 0 Å². The average Bonchev–Trinajstić information content (AvgIpc) is 2.90. The van der Waals surface area contributed by atoms with Crippen LogP contribution in [0.3, 0.4) is 0 Å². The van der Waals surface area contributed by atoms with Crippen LogP contribution < -0.4 is 10.1 Å². The number of hydrogen-bond donors (Lipinski definition) is 1. The minimum Gasteiger partial charge on any atom is -0.481 e. The predicted octanol–water partition coefficient (Wildman–Crippen LogP) is 3.14. The van der Waals surface area contributed by atoms with Gasteiger partial charge in [0.1, 0.15) is 10.7 Å². The molecule has 1 amide bonds. The number of anilines is 1. The summed E-state index contributed by atoms with van der Waals surface area (Å²) >= 11 is 5.82. The van der Waals surface area contributed by atoms with E-state index in [1.54, 1.807) is 12.1 Å². The molecular formula is C14H10ClN3O3. The molecule has 0 saturated heterocycles. The second kappa shape index (κ2) is 5.41. The first-order chi connectivity index (χ1) is 10.2. The van der Waals surface area contributed by atoms with E-state index in [1.165, 1.54) is 13.2 Å². The highest BCUT2D eigenvalue weighted by Gasteiger charge is 2.14. The summed E-state index contributed by atoms with van der Waals surface area (Å²) in [6, 6.07) is 10.4. The third kappa shape index (κ3) is 2.80. The molecule has 0 aliphatic rings. The summed E-state index contributed by atoms with van der Waals surface area (Å²) in [6.45, 7) is 0. The Balaban J connectivity index is 1.87. The first kappa shape index (κ1) is 13.4. The summed E-state index contributed by atoms with van der Waals surface area (Å²) in [5.74, 6) is 0.00831. The predicted molar refractivity (Wildman–Crippen MR) is 77.8 cm³/mol. The lowest BCUT2D eigenvalue weighted by molar-refractivity contribution is 0.0998. The van der Waals surface area contributed by atoms with Crippen molar-refractivity contribution in [2.75, 3.05) is 12.4 Å². The molecule has 7 heteroatoms. The molecular weight excluding hydrogens is 294 g/mol. The van der Waals surface area contributed by atoms with Crippen LogP contribution in [-0.2, 0) is 0 Å². The zero-order valence-corrected chi connectivity index (χ0v) is 11.7. The number of benzene rings is 1. The van der Waals surface area contributed by atoms with Crippen LogP contribution in [0, 0.1) is 0 Å². The van der Waals surface area contributed by atoms with Crippen LogP contribution in [0.1, 0.15) is 10.6 Å². The van der Waals surface area contributed by atoms with Crippen molar-refractivity contribution in [3.63, 3.8) is 0 Å². The molecule has 21 heavy (non-hydrogen) atoms. The van der Waals surface area contributed by atoms with Crippen LogP contribution in [0.2, 0.25) is 5.15 Å². The molecule has 0 atom stereocenters. The van der Waals surface area contributed by atoms with Gasteiger partial charge in [-0.05, 0) is 12.1 Å². The minimum atomic E-state index is -0.462. The fourth-order valence-electron chi connectivity index (χ4n) is 1.81. The molecule has 2 heterocycles. The van der Waals surface area contributed by atoms with Crippen molar-refractivity contribution < 1.29 is 13.9 Å². The number of nitrogens with zero attached hydrogens (tertiary/aromatic N) is 2. The maximum Gasteiger partial charge on any atom is 0.293 e. The van der Waals surface area contributed by atoms with Crippen LogP contribution in [0.15, 0.2) is 40.8 Å². The van der Waals surface area contributed by atoms with Crippen molar-refractivity contribution in [2.45, 2.75) is 0 Å². The summed E-state index contributed by atoms with van der Waals surface area (Å²) < 4.78 is 10.4. The van der Waals surface area contributed by atoms with Gasteiger partial charge in [0.2, 0.25) is 11.8 Å². The molecule has 2 aromatic heterocycles. The van der Waals surface area contributed by atoms with Gasteiger partial charge in [0.05, 0.1) is 7.11 Å². The van der Waals surface area contributed by atoms with Gasteiger partial charge in [0.25, 0.3) is 5.91 Å². The molecule has 3 aromatic rings. The molecule has 0 aliphatic heterocycles. The molecule has 3 rings (SSSR count). The number of furan rings is 1. The quantitative estimate of drug-likeness (QED) is 0.752. The Kier molecular flexibility index (Phi) is 3.45. The molecule has 6 nitrogen and oxygen atoms in total. The third-order valence-corrected chi connectivity index (χ3v) is 2.95. The lowest BCUT2D eigenvalue weighted by Gasteiger charge is -2.04. The van der Waals surface area contributed by atoms with Crippen molar-refractivity contribution in [1.29, 1.82) is 0 Å². The molecule has 106 valence electrons. The van der Waals surface area contributed by atoms with Gasteiger partial charge in [-0.2, -0.15) is 4.98 Å². The van der Waals surface area contributed by atoms with Gasteiger partial charge in [-0.25, -0.2) is 4.98 Å². The SMILES string of the molecule is COc1cc(Cl)nc(NC(=O)c2cc3ccccc3o2)n1. The molecule has 0 spiro atoms. The zero-order valence-electron chi connectivity index (χ0n) is 11.0. The van der Waals surface area contributed by atoms with E-state index in [1.807, 2.05) is 18.2 Å². The highest BCUT2D eigenvalue weighted by atomic mass is 35.5. The lowest BCUT2D eigenvalue weighted by Crippen LogP contribution is -2.13. The number of amides is 1. The molecule has 0 aliphatic carbocycles. The number of methoxy groups -OCH3 is 1. The number of carbonyl (C=O) groups excluding carboxylic acids is 1. The molecule has 0 bridgehead atoms. The first-order valence-electron chi connectivity index (χ1n) is 6.04. The molecule has 0 fully saturated rings. The van der Waals surface area contributed by atoms with E-state index in [0.717, 1.165) is 5.39 Å². The van der Waals surface area contributed by atoms with Crippen molar-refractivity contribution in [3.8, 4) is 5.88 Å². The van der Waals surface area contributed by atoms with Gasteiger partial charge >= 0.3 is 0 Å². The Bertz CT molecular complexity index is 783. The summed E-state index contributed by atoms with van der Waals surface area (Å²) in [7, 11) is 1.45. The fourth-order valence-corrected chi connectivity index (χ4v) is 1.99. The normalized spacial score (nSPS) is 10.6. The van der Waals surface area contributed by atoms with E-state index in [2.05, 4.69) is 15.3 Å². The standard InChI is InChI=1S/C14H10ClN3O3/c1-20-12-7-11(15)16-14(17-12)18-13(19)10-6-8-4-2-3-5-9(8)21-10/h2-7H,1H3,(H,16,17,18,19). The molecule has 0 unspecified atom stereocenters. The monoisotopic (exact) mass is 303 g/mol. The number of halogens is 1. The van der Waals surface area contributed by atoms with E-state index in [4.69, 9.17) is 20.8 Å². The van der Waals surface area contributed by atoms with E-state index < -0.39 is 5.91 Å². The van der Waals surface area contributed by atoms with Gasteiger partial charge in [-0.3, -0.25) is 10.1 Å². The summed E-state index contributed by atoms with van der Waals surface area (Å²) in [4.78, 5) is 20.0. The number of rotatable bonds is 3. The van der Waals surface area contributed by atoms with Gasteiger partial charge in [0, 0.05) is 11.5 Å². The van der Waals surface area contributed by atoms with Gasteiger partial charge < -0.3 is 9.15 Å². The first-order valence-corrected chi connectivity index (χ1v) is 6.42. The number of hydrogen-bond acceptors (Lipinski definition) is 5. The number of fused-ring (bicyclic) bond motifs is 1. The molecule has 0 radical (unpaired) electrons. The Labute approximate surface area is 124 Å². The number of nitrogens with one attached hydrogen (secondary N) is 1. The Morgan fingerprint density at radius 2 is 2.10 bits per heavy atom. The van der Waals surface area contributed by atoms with Gasteiger partial charge in [-0.1, -0.05) is 29.8 Å². The van der Waals surface area contributed by atoms with Gasteiger partial charge in [0.15, 0.2) is 5.76 Å². The summed E-state index contributed by atoms with van der Waals surface area (Å²) in [6.07, 6.45) is 0. The topological polar surface area (TPSA) is 77.2 Å². The van der Waals surface area contributed by atoms with E-state index in [-0.39, 0.29) is 22.7 Å². The second-order valence-corrected chi connectivity index (χ2v) is 4.55. The highest BCUT2D eigenvalue weighted by molar-refractivity contribution is 6.29. The smallest absolute Gasteiger partial charge is 0.293 e. The second-order valence-electron chi connectivity index (χ2n) is 4.16. The average molecular weight is 304 g/mol. The Morgan fingerprint density at radius 3 is 2.86 bits per heavy atom. The Hall–Kier alpha value is -2.60. The van der Waals surface area contributed by atoms with E-state index in [0.29, 0.717) is 5.58 Å². The van der Waals surface area contributed by atoms with E-state index >= 15 is 0 Å². The van der Waals surface area contributed by atoms with E-state index in [9.17, 15) is 4.79 Å². The van der Waals surface area contributed by atoms with Crippen molar-refractivity contribution in [1.82, 2.24) is 9.97 Å². The lowest BCUT2D eigenvalue weighted by atomic mass is 10.2. The fraction of sp³-hybridized carbons (Fsp3) is 0.0714. The maximum absolute atomic E-state index is 12.1. The van der Waals surface area contributed by atoms with Crippen LogP contribution in [0.25, 0.3) is 11.0 Å². The van der Waals surface area contributed by atoms with Crippen LogP contribution >= 0.6 is 11.6 Å². The summed E-state index contributed by atoms with van der Waals surface area (Å²) in [5, 5.41) is 3.52. The maximum atomic E-state index is 12.1. The van der Waals surface area contributed by atoms with Crippen molar-refractivity contribution in [2.24, 2.45) is 0 Å². The van der Waals surface area contributed by atoms with Crippen LogP contribution in [-0.4, -0.2) is 23.0 Å². The molecule has 1 aromatic carbocycles. The number of carbonyl (C=O) groups is 1. The summed E-state index contributed by atoms with van der Waals surface area (Å²) in [5.41, 5.74) is 0.632. The minimum absolute atomic E-state index is 0.0461. The highest BCUT2D eigenvalue weighted by Crippen LogP contribution is 2.20. The molecule has 0 saturated carbocycles. The van der Waals surface area contributed by atoms with Crippen LogP contribution in [0.4, 0.5) is 5.95 Å². The zero-order chi connectivity index (χ0) is 14.8.